The van der Waals surface area contributed by atoms with Crippen molar-refractivity contribution >= 4 is 57.8 Å². The first-order valence-corrected chi connectivity index (χ1v) is 11.3. The number of rotatable bonds is 6. The molecule has 1 heterocycles. The number of para-hydroxylation sites is 1. The summed E-state index contributed by atoms with van der Waals surface area (Å²) in [5.74, 6) is 0.313. The largest absolute Gasteiger partial charge is 0.488 e. The Balaban J connectivity index is 1.47. The molecule has 1 aliphatic heterocycles. The molecule has 1 aliphatic rings. The third-order valence-corrected chi connectivity index (χ3v) is 5.74. The maximum absolute atomic E-state index is 12.5. The summed E-state index contributed by atoms with van der Waals surface area (Å²) in [6.45, 7) is 1.84. The molecule has 8 heteroatoms. The Morgan fingerprint density at radius 2 is 1.82 bits per heavy atom. The number of halogens is 1. The van der Waals surface area contributed by atoms with E-state index in [2.05, 4.69) is 15.6 Å². The average Bonchev–Trinajstić information content (AvgIpc) is 3.14. The van der Waals surface area contributed by atoms with Gasteiger partial charge in [0.1, 0.15) is 12.4 Å². The van der Waals surface area contributed by atoms with Gasteiger partial charge in [-0.05, 0) is 65.9 Å². The van der Waals surface area contributed by atoms with E-state index >= 15 is 0 Å². The van der Waals surface area contributed by atoms with Crippen molar-refractivity contribution in [2.24, 2.45) is 4.99 Å². The minimum absolute atomic E-state index is 0.139. The Hall–Kier alpha value is -3.55. The van der Waals surface area contributed by atoms with E-state index in [1.807, 2.05) is 48.5 Å². The van der Waals surface area contributed by atoms with Crippen LogP contribution in [0.15, 0.2) is 82.7 Å². The fraction of sp³-hybridized carbons (Fsp3) is 0.0800. The quantitative estimate of drug-likeness (QED) is 0.442. The molecule has 33 heavy (non-hydrogen) atoms. The minimum atomic E-state index is -0.221. The highest BCUT2D eigenvalue weighted by Crippen LogP contribution is 2.31. The van der Waals surface area contributed by atoms with Gasteiger partial charge in [0.15, 0.2) is 5.17 Å². The van der Waals surface area contributed by atoms with Gasteiger partial charge in [-0.2, -0.15) is 0 Å². The number of aliphatic imine (C=N–C) groups is 1. The number of anilines is 1. The summed E-state index contributed by atoms with van der Waals surface area (Å²) in [7, 11) is 0. The van der Waals surface area contributed by atoms with Crippen molar-refractivity contribution in [2.45, 2.75) is 13.5 Å². The van der Waals surface area contributed by atoms with Gasteiger partial charge in [-0.1, -0.05) is 41.9 Å². The van der Waals surface area contributed by atoms with Gasteiger partial charge in [-0.25, -0.2) is 4.99 Å². The van der Waals surface area contributed by atoms with Crippen LogP contribution in [0.2, 0.25) is 5.02 Å². The summed E-state index contributed by atoms with van der Waals surface area (Å²) in [5, 5.41) is 6.65. The summed E-state index contributed by atoms with van der Waals surface area (Å²) >= 11 is 7.20. The number of amides is 2. The number of benzene rings is 3. The molecule has 0 unspecified atom stereocenters. The average molecular weight is 478 g/mol. The summed E-state index contributed by atoms with van der Waals surface area (Å²) < 4.78 is 5.98. The second-order valence-corrected chi connectivity index (χ2v) is 8.63. The molecule has 0 spiro atoms. The van der Waals surface area contributed by atoms with E-state index in [1.54, 1.807) is 30.3 Å². The third kappa shape index (κ3) is 6.25. The summed E-state index contributed by atoms with van der Waals surface area (Å²) in [6, 6.07) is 22.1. The van der Waals surface area contributed by atoms with Crippen LogP contribution in [0, 0.1) is 0 Å². The maximum Gasteiger partial charge on any atom is 0.264 e. The Bertz CT molecular complexity index is 1240. The first kappa shape index (κ1) is 22.6. The van der Waals surface area contributed by atoms with E-state index in [0.29, 0.717) is 38.8 Å². The van der Waals surface area contributed by atoms with Crippen molar-refractivity contribution in [3.8, 4) is 5.75 Å². The molecule has 0 atom stereocenters. The second kappa shape index (κ2) is 10.4. The van der Waals surface area contributed by atoms with Crippen LogP contribution in [0.25, 0.3) is 6.08 Å². The number of amidine groups is 1. The van der Waals surface area contributed by atoms with Gasteiger partial charge in [-0.3, -0.25) is 9.59 Å². The number of carbonyl (C=O) groups is 2. The highest BCUT2D eigenvalue weighted by atomic mass is 35.5. The lowest BCUT2D eigenvalue weighted by Crippen LogP contribution is -2.19. The zero-order valence-corrected chi connectivity index (χ0v) is 19.2. The lowest BCUT2D eigenvalue weighted by Gasteiger charge is -2.09. The standard InChI is InChI=1S/C25H20ClN3O3S/c1-16(30)27-20-10-12-21(13-11-20)28-25-29-24(31)23(33-25)14-18-4-2-3-5-22(18)32-15-17-6-8-19(26)9-7-17/h2-14H,15H2,1H3,(H,27,30)(H,28,29,31)/b23-14-. The fourth-order valence-corrected chi connectivity index (χ4v) is 3.99. The van der Waals surface area contributed by atoms with Crippen molar-refractivity contribution in [1.82, 2.24) is 5.32 Å². The minimum Gasteiger partial charge on any atom is -0.488 e. The van der Waals surface area contributed by atoms with Gasteiger partial charge in [0.05, 0.1) is 10.6 Å². The van der Waals surface area contributed by atoms with E-state index in [9.17, 15) is 9.59 Å². The molecule has 6 nitrogen and oxygen atoms in total. The van der Waals surface area contributed by atoms with Crippen LogP contribution in [0.1, 0.15) is 18.1 Å². The van der Waals surface area contributed by atoms with Crippen LogP contribution in [0.5, 0.6) is 5.75 Å². The number of hydrogen-bond acceptors (Lipinski definition) is 5. The molecule has 4 rings (SSSR count). The molecule has 3 aromatic carbocycles. The van der Waals surface area contributed by atoms with Crippen LogP contribution in [0.4, 0.5) is 11.4 Å². The predicted molar refractivity (Wildman–Crippen MR) is 134 cm³/mol. The fourth-order valence-electron chi connectivity index (χ4n) is 3.03. The lowest BCUT2D eigenvalue weighted by molar-refractivity contribution is -0.115. The summed E-state index contributed by atoms with van der Waals surface area (Å²) in [6.07, 6.45) is 1.79. The van der Waals surface area contributed by atoms with Gasteiger partial charge < -0.3 is 15.4 Å². The van der Waals surface area contributed by atoms with E-state index in [-0.39, 0.29) is 11.8 Å². The molecular weight excluding hydrogens is 458 g/mol. The zero-order chi connectivity index (χ0) is 23.2. The van der Waals surface area contributed by atoms with Crippen LogP contribution < -0.4 is 15.4 Å². The molecule has 2 N–H and O–H groups in total. The van der Waals surface area contributed by atoms with Crippen molar-refractivity contribution in [3.63, 3.8) is 0 Å². The van der Waals surface area contributed by atoms with Crippen molar-refractivity contribution < 1.29 is 14.3 Å². The first-order valence-electron chi connectivity index (χ1n) is 10.1. The Kier molecular flexibility index (Phi) is 7.12. The Morgan fingerprint density at radius 3 is 2.55 bits per heavy atom. The molecule has 0 aliphatic carbocycles. The highest BCUT2D eigenvalue weighted by molar-refractivity contribution is 8.18. The summed E-state index contributed by atoms with van der Waals surface area (Å²) in [5.41, 5.74) is 3.14. The molecule has 166 valence electrons. The molecule has 1 fully saturated rings. The third-order valence-electron chi connectivity index (χ3n) is 4.58. The van der Waals surface area contributed by atoms with Crippen LogP contribution in [-0.4, -0.2) is 17.0 Å². The molecule has 0 bridgehead atoms. The van der Waals surface area contributed by atoms with Crippen molar-refractivity contribution in [3.05, 3.63) is 93.9 Å². The van der Waals surface area contributed by atoms with E-state index in [4.69, 9.17) is 16.3 Å². The number of hydrogen-bond donors (Lipinski definition) is 2. The monoisotopic (exact) mass is 477 g/mol. The SMILES string of the molecule is CC(=O)Nc1ccc(N=C2NC(=O)/C(=C/c3ccccc3OCc3ccc(Cl)cc3)S2)cc1. The topological polar surface area (TPSA) is 79.8 Å². The number of nitrogens with zero attached hydrogens (tertiary/aromatic N) is 1. The van der Waals surface area contributed by atoms with Gasteiger partial charge >= 0.3 is 0 Å². The van der Waals surface area contributed by atoms with Gasteiger partial charge in [0.2, 0.25) is 5.91 Å². The Labute approximate surface area is 200 Å². The molecule has 0 radical (unpaired) electrons. The van der Waals surface area contributed by atoms with Crippen molar-refractivity contribution in [2.75, 3.05) is 5.32 Å². The van der Waals surface area contributed by atoms with Gasteiger partial charge in [0, 0.05) is 23.2 Å². The normalized spacial score (nSPS) is 15.5. The molecule has 0 aromatic heterocycles. The van der Waals surface area contributed by atoms with E-state index in [0.717, 1.165) is 11.1 Å². The zero-order valence-electron chi connectivity index (χ0n) is 17.7. The number of nitrogens with one attached hydrogen (secondary N) is 2. The molecule has 2 amide bonds. The molecule has 0 saturated carbocycles. The molecular formula is C25H20ClN3O3S. The number of carbonyl (C=O) groups excluding carboxylic acids is 2. The highest BCUT2D eigenvalue weighted by Gasteiger charge is 2.24. The van der Waals surface area contributed by atoms with Crippen LogP contribution >= 0.6 is 23.4 Å². The second-order valence-electron chi connectivity index (χ2n) is 7.16. The van der Waals surface area contributed by atoms with Gasteiger partial charge in [-0.15, -0.1) is 0 Å². The van der Waals surface area contributed by atoms with Gasteiger partial charge in [0.25, 0.3) is 5.91 Å². The van der Waals surface area contributed by atoms with Crippen LogP contribution in [0.3, 0.4) is 0 Å². The number of thioether (sulfide) groups is 1. The smallest absolute Gasteiger partial charge is 0.264 e. The molecule has 3 aromatic rings. The molecule has 1 saturated heterocycles. The maximum atomic E-state index is 12.5. The Morgan fingerprint density at radius 1 is 1.09 bits per heavy atom. The van der Waals surface area contributed by atoms with Crippen LogP contribution in [-0.2, 0) is 16.2 Å². The summed E-state index contributed by atoms with van der Waals surface area (Å²) in [4.78, 5) is 28.6. The number of ether oxygens (including phenoxy) is 1. The lowest BCUT2D eigenvalue weighted by atomic mass is 10.2. The van der Waals surface area contributed by atoms with E-state index < -0.39 is 0 Å². The first-order chi connectivity index (χ1) is 16.0. The predicted octanol–water partition coefficient (Wildman–Crippen LogP) is 5.77. The van der Waals surface area contributed by atoms with Crippen molar-refractivity contribution in [1.29, 1.82) is 0 Å². The van der Waals surface area contributed by atoms with E-state index in [1.165, 1.54) is 18.7 Å².